The number of carbonyl (C=O) groups excluding carboxylic acids is 2. The molecule has 1 aliphatic rings. The molecule has 1 aromatic carbocycles. The van der Waals surface area contributed by atoms with Gasteiger partial charge in [0.25, 0.3) is 0 Å². The third kappa shape index (κ3) is 8.89. The topological polar surface area (TPSA) is 77.5 Å². The molecule has 2 aromatic heterocycles. The van der Waals surface area contributed by atoms with Gasteiger partial charge in [0.15, 0.2) is 0 Å². The van der Waals surface area contributed by atoms with Crippen molar-refractivity contribution in [2.24, 2.45) is 5.92 Å². The number of amides is 1. The molecule has 1 atom stereocenters. The van der Waals surface area contributed by atoms with Gasteiger partial charge in [-0.3, -0.25) is 4.79 Å². The molecule has 1 N–H and O–H groups in total. The minimum atomic E-state index is -0.317. The quantitative estimate of drug-likeness (QED) is 0.136. The van der Waals surface area contributed by atoms with Crippen molar-refractivity contribution in [3.63, 3.8) is 0 Å². The van der Waals surface area contributed by atoms with E-state index in [0.717, 1.165) is 58.8 Å². The van der Waals surface area contributed by atoms with E-state index < -0.39 is 0 Å². The maximum atomic E-state index is 13.2. The molecule has 3 aromatic rings. The molecule has 0 spiro atoms. The van der Waals surface area contributed by atoms with Gasteiger partial charge in [0.05, 0.1) is 18.3 Å². The van der Waals surface area contributed by atoms with Gasteiger partial charge in [0, 0.05) is 16.9 Å². The van der Waals surface area contributed by atoms with Crippen LogP contribution in [0.25, 0.3) is 6.08 Å². The van der Waals surface area contributed by atoms with E-state index in [9.17, 15) is 9.59 Å². The second kappa shape index (κ2) is 15.0. The van der Waals surface area contributed by atoms with Crippen molar-refractivity contribution in [2.45, 2.75) is 71.9 Å². The van der Waals surface area contributed by atoms with Crippen molar-refractivity contribution in [3.8, 4) is 5.75 Å². The molecule has 1 saturated carbocycles. The summed E-state index contributed by atoms with van der Waals surface area (Å²) in [5, 5.41) is 10.3. The highest BCUT2D eigenvalue weighted by Gasteiger charge is 2.25. The molecule has 0 bridgehead atoms. The highest BCUT2D eigenvalue weighted by atomic mass is 32.1. The second-order valence-corrected chi connectivity index (χ2v) is 11.9. The standard InChI is InChI=1S/C32H38N2O4S2/c1-4-37-32(36)23(3)16-22(2)17-27-21-40-31(33-27)29(34-30(35)26-8-6-5-7-9-26)18-24-10-12-28(13-11-24)38-19-25-14-15-39-20-25/h10-17,20-21,26,29H,4-9,18-19H2,1-3H3,(H,34,35)/t29-/m0/s1. The van der Waals surface area contributed by atoms with Crippen molar-refractivity contribution in [1.29, 1.82) is 0 Å². The zero-order valence-electron chi connectivity index (χ0n) is 23.5. The van der Waals surface area contributed by atoms with Crippen molar-refractivity contribution in [2.75, 3.05) is 6.61 Å². The first-order chi connectivity index (χ1) is 19.4. The van der Waals surface area contributed by atoms with Crippen molar-refractivity contribution < 1.29 is 19.1 Å². The Balaban J connectivity index is 1.48. The number of thiazole rings is 1. The average molecular weight is 579 g/mol. The van der Waals surface area contributed by atoms with E-state index in [1.165, 1.54) is 6.42 Å². The number of benzene rings is 1. The molecule has 0 aliphatic heterocycles. The molecule has 6 nitrogen and oxygen atoms in total. The van der Waals surface area contributed by atoms with Gasteiger partial charge >= 0.3 is 5.97 Å². The van der Waals surface area contributed by atoms with Crippen molar-refractivity contribution in [3.05, 3.63) is 85.5 Å². The zero-order chi connectivity index (χ0) is 28.3. The molecule has 0 radical (unpaired) electrons. The van der Waals surface area contributed by atoms with E-state index in [2.05, 4.69) is 28.9 Å². The molecule has 40 heavy (non-hydrogen) atoms. The fourth-order valence-electron chi connectivity index (χ4n) is 4.80. The number of nitrogens with zero attached hydrogens (tertiary/aromatic N) is 1. The van der Waals surface area contributed by atoms with Crippen molar-refractivity contribution in [1.82, 2.24) is 10.3 Å². The summed E-state index contributed by atoms with van der Waals surface area (Å²) in [6, 6.07) is 9.93. The summed E-state index contributed by atoms with van der Waals surface area (Å²) in [6.07, 6.45) is 9.72. The van der Waals surface area contributed by atoms with Crippen LogP contribution < -0.4 is 10.1 Å². The van der Waals surface area contributed by atoms with Gasteiger partial charge in [-0.2, -0.15) is 11.3 Å². The summed E-state index contributed by atoms with van der Waals surface area (Å²) in [5.41, 5.74) is 4.53. The number of carbonyl (C=O) groups is 2. The molecule has 212 valence electrons. The average Bonchev–Trinajstić information content (AvgIpc) is 3.65. The number of hydrogen-bond acceptors (Lipinski definition) is 7. The smallest absolute Gasteiger partial charge is 0.333 e. The van der Waals surface area contributed by atoms with Crippen LogP contribution in [-0.4, -0.2) is 23.5 Å². The van der Waals surface area contributed by atoms with Crippen LogP contribution in [0.4, 0.5) is 0 Å². The van der Waals surface area contributed by atoms with E-state index >= 15 is 0 Å². The number of ether oxygens (including phenoxy) is 2. The Bertz CT molecular complexity index is 1300. The Labute approximate surface area is 245 Å². The molecule has 0 unspecified atom stereocenters. The van der Waals surface area contributed by atoms with Crippen molar-refractivity contribution >= 4 is 40.6 Å². The molecule has 8 heteroatoms. The fourth-order valence-corrected chi connectivity index (χ4v) is 6.28. The molecule has 1 amide bonds. The normalized spacial score (nSPS) is 15.5. The molecule has 4 rings (SSSR count). The minimum absolute atomic E-state index is 0.0710. The lowest BCUT2D eigenvalue weighted by atomic mass is 9.88. The lowest BCUT2D eigenvalue weighted by molar-refractivity contribution is -0.138. The summed E-state index contributed by atoms with van der Waals surface area (Å²) in [5.74, 6) is 0.697. The number of rotatable bonds is 12. The highest BCUT2D eigenvalue weighted by molar-refractivity contribution is 7.09. The Hall–Kier alpha value is -3.23. The second-order valence-electron chi connectivity index (χ2n) is 10.2. The lowest BCUT2D eigenvalue weighted by Crippen LogP contribution is -2.35. The van der Waals surface area contributed by atoms with E-state index in [-0.39, 0.29) is 23.8 Å². The van der Waals surface area contributed by atoms with Crippen LogP contribution in [0.3, 0.4) is 0 Å². The number of allylic oxidation sites excluding steroid dienone is 2. The number of hydrogen-bond donors (Lipinski definition) is 1. The first kappa shape index (κ1) is 29.7. The maximum Gasteiger partial charge on any atom is 0.333 e. The maximum absolute atomic E-state index is 13.2. The van der Waals surface area contributed by atoms with Gasteiger partial charge in [-0.25, -0.2) is 9.78 Å². The van der Waals surface area contributed by atoms with Gasteiger partial charge in [-0.15, -0.1) is 11.3 Å². The number of esters is 1. The fraction of sp³-hybridized carbons (Fsp3) is 0.406. The number of aromatic nitrogens is 1. The first-order valence-electron chi connectivity index (χ1n) is 13.9. The summed E-state index contributed by atoms with van der Waals surface area (Å²) in [4.78, 5) is 30.1. The largest absolute Gasteiger partial charge is 0.489 e. The lowest BCUT2D eigenvalue weighted by Gasteiger charge is -2.24. The Morgan fingerprint density at radius 3 is 2.55 bits per heavy atom. The third-order valence-corrected chi connectivity index (χ3v) is 8.60. The molecule has 1 fully saturated rings. The van der Waals surface area contributed by atoms with Crippen LogP contribution in [0.5, 0.6) is 5.75 Å². The van der Waals surface area contributed by atoms with Gasteiger partial charge in [-0.05, 0) is 97.8 Å². The van der Waals surface area contributed by atoms with Crippen LogP contribution >= 0.6 is 22.7 Å². The summed E-state index contributed by atoms with van der Waals surface area (Å²) in [7, 11) is 0. The first-order valence-corrected chi connectivity index (χ1v) is 15.8. The molecule has 0 saturated heterocycles. The van der Waals surface area contributed by atoms with Gasteiger partial charge in [0.2, 0.25) is 5.91 Å². The van der Waals surface area contributed by atoms with E-state index in [0.29, 0.717) is 25.2 Å². The highest BCUT2D eigenvalue weighted by Crippen LogP contribution is 2.28. The minimum Gasteiger partial charge on any atom is -0.489 e. The van der Waals surface area contributed by atoms with Crippen LogP contribution in [0.15, 0.2) is 63.7 Å². The molecule has 1 aliphatic carbocycles. The van der Waals surface area contributed by atoms with Gasteiger partial charge < -0.3 is 14.8 Å². The van der Waals surface area contributed by atoms with Crippen LogP contribution in [-0.2, 0) is 27.4 Å². The zero-order valence-corrected chi connectivity index (χ0v) is 25.1. The Kier molecular flexibility index (Phi) is 11.1. The van der Waals surface area contributed by atoms with Crippen LogP contribution in [0.2, 0.25) is 0 Å². The summed E-state index contributed by atoms with van der Waals surface area (Å²) in [6.45, 7) is 6.37. The van der Waals surface area contributed by atoms with E-state index in [4.69, 9.17) is 14.5 Å². The Morgan fingerprint density at radius 1 is 1.07 bits per heavy atom. The van der Waals surface area contributed by atoms with Gasteiger partial charge in [-0.1, -0.05) is 31.4 Å². The number of nitrogens with one attached hydrogen (secondary N) is 1. The summed E-state index contributed by atoms with van der Waals surface area (Å²) < 4.78 is 11.0. The molecular weight excluding hydrogens is 540 g/mol. The predicted octanol–water partition coefficient (Wildman–Crippen LogP) is 7.68. The van der Waals surface area contributed by atoms with E-state index in [1.807, 2.05) is 35.9 Å². The van der Waals surface area contributed by atoms with E-state index in [1.54, 1.807) is 42.6 Å². The Morgan fingerprint density at radius 2 is 1.85 bits per heavy atom. The monoisotopic (exact) mass is 578 g/mol. The molecular formula is C32H38N2O4S2. The van der Waals surface area contributed by atoms with Gasteiger partial charge in [0.1, 0.15) is 17.4 Å². The molecule has 2 heterocycles. The van der Waals surface area contributed by atoms with Crippen LogP contribution in [0.1, 0.15) is 80.7 Å². The predicted molar refractivity (Wildman–Crippen MR) is 162 cm³/mol. The van der Waals surface area contributed by atoms with Crippen LogP contribution in [0, 0.1) is 5.92 Å². The third-order valence-electron chi connectivity index (χ3n) is 6.90. The summed E-state index contributed by atoms with van der Waals surface area (Å²) >= 11 is 3.21. The number of thiophene rings is 1. The SMILES string of the molecule is CCOC(=O)C(C)=CC(C)=Cc1csc([C@H](Cc2ccc(OCc3ccsc3)cc2)NC(=O)C2CCCCC2)n1.